The van der Waals surface area contributed by atoms with Crippen molar-refractivity contribution in [2.75, 3.05) is 0 Å². The Morgan fingerprint density at radius 2 is 1.18 bits per heavy atom. The third-order valence-corrected chi connectivity index (χ3v) is 1.41. The van der Waals surface area contributed by atoms with Crippen LogP contribution in [-0.2, 0) is 0 Å². The van der Waals surface area contributed by atoms with Crippen molar-refractivity contribution in [2.24, 2.45) is 0 Å². The zero-order valence-corrected chi connectivity index (χ0v) is 6.88. The van der Waals surface area contributed by atoms with Gasteiger partial charge in [0.2, 0.25) is 0 Å². The predicted octanol–water partition coefficient (Wildman–Crippen LogP) is 0.0891. The molecule has 1 aromatic carbocycles. The van der Waals surface area contributed by atoms with Crippen LogP contribution in [0.4, 0.5) is 0 Å². The molecule has 0 aliphatic heterocycles. The van der Waals surface area contributed by atoms with Crippen molar-refractivity contribution < 1.29 is 20.3 Å². The van der Waals surface area contributed by atoms with Crippen LogP contribution in [0.1, 0.15) is 12.6 Å². The minimum atomic E-state index is 0. The summed E-state index contributed by atoms with van der Waals surface area (Å²) in [7, 11) is 0. The molecule has 0 saturated carbocycles. The Balaban J connectivity index is 0. The molecular formula is C10H11Li. The van der Waals surface area contributed by atoms with Gasteiger partial charge >= 0.3 is 18.9 Å². The molecule has 1 rings (SSSR count). The van der Waals surface area contributed by atoms with Crippen LogP contribution in [0.25, 0.3) is 12.2 Å². The summed E-state index contributed by atoms with van der Waals surface area (Å²) in [6, 6.07) is 8.07. The second-order valence-electron chi connectivity index (χ2n) is 2.07. The van der Waals surface area contributed by atoms with Crippen LogP contribution in [0.3, 0.4) is 0 Å². The maximum atomic E-state index is 3.66. The van der Waals surface area contributed by atoms with Gasteiger partial charge in [0.1, 0.15) is 0 Å². The third kappa shape index (κ3) is 2.80. The summed E-state index contributed by atoms with van der Waals surface area (Å²) in [5.41, 5.74) is 2.29. The molecule has 0 unspecified atom stereocenters. The van der Waals surface area contributed by atoms with E-state index in [0.29, 0.717) is 0 Å². The van der Waals surface area contributed by atoms with Gasteiger partial charge in [-0.1, -0.05) is 49.6 Å². The first-order chi connectivity index (χ1) is 4.86. The maximum absolute atomic E-state index is 3.66. The van der Waals surface area contributed by atoms with E-state index in [1.165, 1.54) is 0 Å². The summed E-state index contributed by atoms with van der Waals surface area (Å²) in [4.78, 5) is 0. The fourth-order valence-electron chi connectivity index (χ4n) is 0.768. The molecule has 0 radical (unpaired) electrons. The number of rotatable bonds is 2. The van der Waals surface area contributed by atoms with Gasteiger partial charge in [-0.25, -0.2) is 0 Å². The zero-order valence-electron chi connectivity index (χ0n) is 7.88. The standard InChI is InChI=1S/C10H10.Li.H/c1-3-9-5-7-10(4-2)8-6-9;;/h3-8H,1-2H2;;/q;+1;-1. The van der Waals surface area contributed by atoms with E-state index in [4.69, 9.17) is 0 Å². The number of hydrogen-bond acceptors (Lipinski definition) is 0. The van der Waals surface area contributed by atoms with Crippen molar-refractivity contribution in [3.63, 3.8) is 0 Å². The van der Waals surface area contributed by atoms with Gasteiger partial charge in [-0.15, -0.1) is 0 Å². The molecule has 0 aliphatic carbocycles. The van der Waals surface area contributed by atoms with Gasteiger partial charge in [0.25, 0.3) is 0 Å². The normalized spacial score (nSPS) is 8.00. The quantitative estimate of drug-likeness (QED) is 0.508. The average Bonchev–Trinajstić information content (AvgIpc) is 2.05. The second-order valence-corrected chi connectivity index (χ2v) is 2.07. The fourth-order valence-corrected chi connectivity index (χ4v) is 0.768. The van der Waals surface area contributed by atoms with Crippen LogP contribution in [0, 0.1) is 0 Å². The van der Waals surface area contributed by atoms with Crippen molar-refractivity contribution in [2.45, 2.75) is 0 Å². The molecule has 0 bridgehead atoms. The van der Waals surface area contributed by atoms with Crippen molar-refractivity contribution >= 4 is 12.2 Å². The largest absolute Gasteiger partial charge is 1.00 e. The molecule has 0 amide bonds. The first-order valence-corrected chi connectivity index (χ1v) is 3.22. The van der Waals surface area contributed by atoms with Crippen LogP contribution in [-0.4, -0.2) is 0 Å². The minimum absolute atomic E-state index is 0. The Morgan fingerprint density at radius 3 is 1.36 bits per heavy atom. The van der Waals surface area contributed by atoms with Gasteiger partial charge < -0.3 is 1.43 Å². The molecule has 0 aromatic heterocycles. The molecule has 0 saturated heterocycles. The number of hydrogen-bond donors (Lipinski definition) is 0. The summed E-state index contributed by atoms with van der Waals surface area (Å²) >= 11 is 0. The molecule has 0 fully saturated rings. The molecule has 0 atom stereocenters. The monoisotopic (exact) mass is 138 g/mol. The molecular weight excluding hydrogens is 127 g/mol. The minimum Gasteiger partial charge on any atom is -1.00 e. The predicted molar refractivity (Wildman–Crippen MR) is 47.7 cm³/mol. The van der Waals surface area contributed by atoms with E-state index >= 15 is 0 Å². The van der Waals surface area contributed by atoms with E-state index in [2.05, 4.69) is 13.2 Å². The second kappa shape index (κ2) is 5.02. The topological polar surface area (TPSA) is 0 Å². The van der Waals surface area contributed by atoms with E-state index in [9.17, 15) is 0 Å². The molecule has 52 valence electrons. The molecule has 0 N–H and O–H groups in total. The first kappa shape index (κ1) is 10.3. The summed E-state index contributed by atoms with van der Waals surface area (Å²) in [5.74, 6) is 0. The number of benzene rings is 1. The van der Waals surface area contributed by atoms with Crippen molar-refractivity contribution in [3.05, 3.63) is 48.6 Å². The Morgan fingerprint density at radius 1 is 0.909 bits per heavy atom. The Bertz CT molecular complexity index is 212. The van der Waals surface area contributed by atoms with Gasteiger partial charge in [-0.3, -0.25) is 0 Å². The summed E-state index contributed by atoms with van der Waals surface area (Å²) in [6.45, 7) is 7.32. The molecule has 1 aromatic rings. The van der Waals surface area contributed by atoms with E-state index in [1.807, 2.05) is 36.4 Å². The maximum Gasteiger partial charge on any atom is 1.00 e. The summed E-state index contributed by atoms with van der Waals surface area (Å²) < 4.78 is 0. The van der Waals surface area contributed by atoms with Gasteiger partial charge in [0.05, 0.1) is 0 Å². The first-order valence-electron chi connectivity index (χ1n) is 3.22. The zero-order chi connectivity index (χ0) is 7.40. The van der Waals surface area contributed by atoms with Crippen LogP contribution in [0.15, 0.2) is 37.4 Å². The van der Waals surface area contributed by atoms with Crippen molar-refractivity contribution in [1.82, 2.24) is 0 Å². The van der Waals surface area contributed by atoms with Crippen LogP contribution < -0.4 is 18.9 Å². The van der Waals surface area contributed by atoms with E-state index in [1.54, 1.807) is 0 Å². The van der Waals surface area contributed by atoms with Crippen LogP contribution in [0.5, 0.6) is 0 Å². The molecule has 0 nitrogen and oxygen atoms in total. The SMILES string of the molecule is C=Cc1ccc(C=C)cc1.[H-].[Li+]. The molecule has 0 heterocycles. The molecule has 0 aliphatic rings. The Hall–Kier alpha value is -0.703. The average molecular weight is 138 g/mol. The Kier molecular flexibility index (Phi) is 4.69. The van der Waals surface area contributed by atoms with Crippen molar-refractivity contribution in [3.8, 4) is 0 Å². The van der Waals surface area contributed by atoms with E-state index in [-0.39, 0.29) is 20.3 Å². The fraction of sp³-hybridized carbons (Fsp3) is 0. The smallest absolute Gasteiger partial charge is 1.00 e. The third-order valence-electron chi connectivity index (χ3n) is 1.41. The summed E-state index contributed by atoms with van der Waals surface area (Å²) in [6.07, 6.45) is 3.65. The van der Waals surface area contributed by atoms with Gasteiger partial charge in [0.15, 0.2) is 0 Å². The van der Waals surface area contributed by atoms with E-state index < -0.39 is 0 Å². The van der Waals surface area contributed by atoms with Crippen LogP contribution in [0.2, 0.25) is 0 Å². The van der Waals surface area contributed by atoms with Gasteiger partial charge in [-0.2, -0.15) is 0 Å². The van der Waals surface area contributed by atoms with Crippen LogP contribution >= 0.6 is 0 Å². The van der Waals surface area contributed by atoms with Gasteiger partial charge in [0, 0.05) is 0 Å². The van der Waals surface area contributed by atoms with Gasteiger partial charge in [-0.05, 0) is 11.1 Å². The molecule has 0 spiro atoms. The summed E-state index contributed by atoms with van der Waals surface area (Å²) in [5, 5.41) is 0. The molecule has 1 heteroatoms. The Labute approximate surface area is 81.3 Å². The van der Waals surface area contributed by atoms with Crippen molar-refractivity contribution in [1.29, 1.82) is 0 Å². The van der Waals surface area contributed by atoms with E-state index in [0.717, 1.165) is 11.1 Å². The molecule has 11 heavy (non-hydrogen) atoms.